The number of unbranched alkanes of at least 4 members (excludes halogenated alkanes) is 1. The molecule has 162 valence electrons. The van der Waals surface area contributed by atoms with Crippen molar-refractivity contribution >= 4 is 22.6 Å². The number of carbonyl (C=O) groups excluding carboxylic acids is 1. The summed E-state index contributed by atoms with van der Waals surface area (Å²) >= 11 is 0. The number of rotatable bonds is 7. The van der Waals surface area contributed by atoms with Gasteiger partial charge in [0.1, 0.15) is 17.4 Å². The molecule has 0 spiro atoms. The third-order valence-electron chi connectivity index (χ3n) is 5.57. The summed E-state index contributed by atoms with van der Waals surface area (Å²) < 4.78 is 5.68. The predicted molar refractivity (Wildman–Crippen MR) is 122 cm³/mol. The van der Waals surface area contributed by atoms with E-state index in [2.05, 4.69) is 21.8 Å². The number of nitrogens with zero attached hydrogens (tertiary/aromatic N) is 4. The second-order valence-electron chi connectivity index (χ2n) is 7.84. The molecule has 0 radical (unpaired) electrons. The standard InChI is InChI=1S/C24H29N5O2/c1-2-3-16-31-19-10-8-18(9-11-19)24(30)29-14-12-28(13-15-29)17-22-26-21-7-5-4-6-20(21)23(25)27-22/h4-11H,2-3,12-17H2,1H3,(H2,25,26,27). The van der Waals surface area contributed by atoms with E-state index in [-0.39, 0.29) is 5.91 Å². The van der Waals surface area contributed by atoms with Gasteiger partial charge in [-0.15, -0.1) is 0 Å². The van der Waals surface area contributed by atoms with Crippen LogP contribution in [-0.4, -0.2) is 58.5 Å². The third-order valence-corrected chi connectivity index (χ3v) is 5.57. The summed E-state index contributed by atoms with van der Waals surface area (Å²) in [7, 11) is 0. The molecule has 3 aromatic rings. The van der Waals surface area contributed by atoms with Crippen LogP contribution in [0.2, 0.25) is 0 Å². The van der Waals surface area contributed by atoms with Crippen molar-refractivity contribution in [1.29, 1.82) is 0 Å². The van der Waals surface area contributed by atoms with Gasteiger partial charge >= 0.3 is 0 Å². The number of hydrogen-bond donors (Lipinski definition) is 1. The summed E-state index contributed by atoms with van der Waals surface area (Å²) in [6.07, 6.45) is 2.13. The fourth-order valence-corrected chi connectivity index (χ4v) is 3.74. The summed E-state index contributed by atoms with van der Waals surface area (Å²) in [5, 5.41) is 0.878. The highest BCUT2D eigenvalue weighted by atomic mass is 16.5. The molecule has 31 heavy (non-hydrogen) atoms. The van der Waals surface area contributed by atoms with E-state index < -0.39 is 0 Å². The SMILES string of the molecule is CCCCOc1ccc(C(=O)N2CCN(Cc3nc(N)c4ccccc4n3)CC2)cc1. The molecule has 0 bridgehead atoms. The number of nitrogen functional groups attached to an aromatic ring is 1. The first kappa shape index (κ1) is 21.1. The molecule has 1 saturated heterocycles. The zero-order valence-electron chi connectivity index (χ0n) is 18.0. The predicted octanol–water partition coefficient (Wildman–Crippen LogP) is 3.35. The number of para-hydroxylation sites is 1. The summed E-state index contributed by atoms with van der Waals surface area (Å²) in [5.41, 5.74) is 7.66. The van der Waals surface area contributed by atoms with Crippen LogP contribution in [0.25, 0.3) is 10.9 Å². The van der Waals surface area contributed by atoms with Crippen molar-refractivity contribution in [3.8, 4) is 5.75 Å². The molecule has 1 fully saturated rings. The number of anilines is 1. The Morgan fingerprint density at radius 2 is 1.77 bits per heavy atom. The van der Waals surface area contributed by atoms with Crippen molar-refractivity contribution in [1.82, 2.24) is 19.8 Å². The Morgan fingerprint density at radius 3 is 2.52 bits per heavy atom. The average Bonchev–Trinajstić information content (AvgIpc) is 2.80. The number of ether oxygens (including phenoxy) is 1. The molecule has 1 aromatic heterocycles. The van der Waals surface area contributed by atoms with Gasteiger partial charge in [-0.25, -0.2) is 9.97 Å². The molecule has 2 aromatic carbocycles. The second kappa shape index (κ2) is 9.75. The van der Waals surface area contributed by atoms with Crippen molar-refractivity contribution in [3.63, 3.8) is 0 Å². The summed E-state index contributed by atoms with van der Waals surface area (Å²) in [6.45, 7) is 6.38. The van der Waals surface area contributed by atoms with Crippen molar-refractivity contribution in [3.05, 3.63) is 59.9 Å². The van der Waals surface area contributed by atoms with Gasteiger partial charge in [0.15, 0.2) is 0 Å². The van der Waals surface area contributed by atoms with Gasteiger partial charge in [-0.2, -0.15) is 0 Å². The van der Waals surface area contributed by atoms with E-state index >= 15 is 0 Å². The van der Waals surface area contributed by atoms with Crippen LogP contribution in [0.1, 0.15) is 35.9 Å². The van der Waals surface area contributed by atoms with E-state index in [0.29, 0.717) is 37.6 Å². The molecule has 1 amide bonds. The van der Waals surface area contributed by atoms with Crippen molar-refractivity contribution < 1.29 is 9.53 Å². The van der Waals surface area contributed by atoms with Gasteiger partial charge in [0.05, 0.1) is 18.7 Å². The van der Waals surface area contributed by atoms with Crippen LogP contribution in [0.3, 0.4) is 0 Å². The molecule has 0 unspecified atom stereocenters. The smallest absolute Gasteiger partial charge is 0.253 e. The molecule has 1 aliphatic heterocycles. The molecular formula is C24H29N5O2. The fourth-order valence-electron chi connectivity index (χ4n) is 3.74. The average molecular weight is 420 g/mol. The zero-order valence-corrected chi connectivity index (χ0v) is 18.0. The maximum absolute atomic E-state index is 12.9. The molecule has 0 saturated carbocycles. The molecule has 1 aliphatic rings. The van der Waals surface area contributed by atoms with Crippen molar-refractivity contribution in [2.75, 3.05) is 38.5 Å². The van der Waals surface area contributed by atoms with Crippen LogP contribution >= 0.6 is 0 Å². The first-order chi connectivity index (χ1) is 15.1. The van der Waals surface area contributed by atoms with Crippen molar-refractivity contribution in [2.24, 2.45) is 0 Å². The molecule has 2 heterocycles. The normalized spacial score (nSPS) is 14.7. The molecular weight excluding hydrogens is 390 g/mol. The van der Waals surface area contributed by atoms with E-state index in [0.717, 1.165) is 48.4 Å². The molecule has 7 heteroatoms. The van der Waals surface area contributed by atoms with Gasteiger partial charge in [-0.3, -0.25) is 9.69 Å². The van der Waals surface area contributed by atoms with Crippen LogP contribution in [0.5, 0.6) is 5.75 Å². The highest BCUT2D eigenvalue weighted by molar-refractivity contribution is 5.94. The number of benzene rings is 2. The minimum atomic E-state index is 0.0611. The Hall–Kier alpha value is -3.19. The lowest BCUT2D eigenvalue weighted by Crippen LogP contribution is -2.48. The van der Waals surface area contributed by atoms with E-state index in [1.54, 1.807) is 0 Å². The minimum Gasteiger partial charge on any atom is -0.494 e. The Bertz CT molecular complexity index is 1030. The molecule has 0 atom stereocenters. The van der Waals surface area contributed by atoms with Crippen LogP contribution in [0, 0.1) is 0 Å². The largest absolute Gasteiger partial charge is 0.494 e. The number of carbonyl (C=O) groups is 1. The lowest BCUT2D eigenvalue weighted by atomic mass is 10.1. The van der Waals surface area contributed by atoms with Crippen LogP contribution in [0.4, 0.5) is 5.82 Å². The monoisotopic (exact) mass is 419 g/mol. The Morgan fingerprint density at radius 1 is 1.03 bits per heavy atom. The van der Waals surface area contributed by atoms with E-state index in [1.807, 2.05) is 53.4 Å². The number of aromatic nitrogens is 2. The molecule has 7 nitrogen and oxygen atoms in total. The van der Waals surface area contributed by atoms with Gasteiger partial charge in [0.25, 0.3) is 5.91 Å². The topological polar surface area (TPSA) is 84.6 Å². The first-order valence-electron chi connectivity index (χ1n) is 10.9. The molecule has 4 rings (SSSR count). The van der Waals surface area contributed by atoms with Gasteiger partial charge in [0.2, 0.25) is 0 Å². The van der Waals surface area contributed by atoms with Gasteiger partial charge in [-0.1, -0.05) is 25.5 Å². The van der Waals surface area contributed by atoms with Crippen LogP contribution in [-0.2, 0) is 6.54 Å². The van der Waals surface area contributed by atoms with Gasteiger partial charge < -0.3 is 15.4 Å². The number of amides is 1. The maximum atomic E-state index is 12.9. The summed E-state index contributed by atoms with van der Waals surface area (Å²) in [4.78, 5) is 26.1. The number of fused-ring (bicyclic) bond motifs is 1. The van der Waals surface area contributed by atoms with E-state index in [4.69, 9.17) is 10.5 Å². The molecule has 0 aliphatic carbocycles. The lowest BCUT2D eigenvalue weighted by molar-refractivity contribution is 0.0625. The third kappa shape index (κ3) is 5.11. The highest BCUT2D eigenvalue weighted by Gasteiger charge is 2.23. The van der Waals surface area contributed by atoms with Gasteiger partial charge in [-0.05, 0) is 42.8 Å². The quantitative estimate of drug-likeness (QED) is 0.591. The summed E-state index contributed by atoms with van der Waals surface area (Å²) in [6, 6.07) is 15.2. The fraction of sp³-hybridized carbons (Fsp3) is 0.375. The van der Waals surface area contributed by atoms with E-state index in [9.17, 15) is 4.79 Å². The highest BCUT2D eigenvalue weighted by Crippen LogP contribution is 2.19. The number of hydrogen-bond acceptors (Lipinski definition) is 6. The first-order valence-corrected chi connectivity index (χ1v) is 10.9. The van der Waals surface area contributed by atoms with Crippen LogP contribution in [0.15, 0.2) is 48.5 Å². The Labute approximate surface area is 182 Å². The summed E-state index contributed by atoms with van der Waals surface area (Å²) in [5.74, 6) is 2.10. The minimum absolute atomic E-state index is 0.0611. The Balaban J connectivity index is 1.32. The molecule has 2 N–H and O–H groups in total. The number of piperazine rings is 1. The number of nitrogens with two attached hydrogens (primary N) is 1. The zero-order chi connectivity index (χ0) is 21.6. The lowest BCUT2D eigenvalue weighted by Gasteiger charge is -2.34. The van der Waals surface area contributed by atoms with Crippen LogP contribution < -0.4 is 10.5 Å². The Kier molecular flexibility index (Phi) is 6.62. The second-order valence-corrected chi connectivity index (χ2v) is 7.84. The van der Waals surface area contributed by atoms with Crippen molar-refractivity contribution in [2.45, 2.75) is 26.3 Å². The van der Waals surface area contributed by atoms with Gasteiger partial charge in [0, 0.05) is 37.1 Å². The maximum Gasteiger partial charge on any atom is 0.253 e. The van der Waals surface area contributed by atoms with E-state index in [1.165, 1.54) is 0 Å².